The molecule has 1 fully saturated rings. The molecule has 4 rings (SSSR count). The van der Waals surface area contributed by atoms with E-state index in [1.165, 1.54) is 23.1 Å². The highest BCUT2D eigenvalue weighted by Gasteiger charge is 2.18. The summed E-state index contributed by atoms with van der Waals surface area (Å²) >= 11 is 7.91. The van der Waals surface area contributed by atoms with Crippen LogP contribution in [0.3, 0.4) is 0 Å². The van der Waals surface area contributed by atoms with Gasteiger partial charge in [-0.15, -0.1) is 0 Å². The van der Waals surface area contributed by atoms with Crippen molar-refractivity contribution in [3.05, 3.63) is 38.6 Å². The second-order valence-electron chi connectivity index (χ2n) is 6.77. The summed E-state index contributed by atoms with van der Waals surface area (Å²) in [6.07, 6.45) is 4.40. The molecule has 0 unspecified atom stereocenters. The van der Waals surface area contributed by atoms with Crippen LogP contribution in [0.4, 0.5) is 0 Å². The van der Waals surface area contributed by atoms with Gasteiger partial charge in [0.1, 0.15) is 10.4 Å². The Balaban J connectivity index is 1.62. The van der Waals surface area contributed by atoms with Crippen LogP contribution in [0, 0.1) is 3.95 Å². The lowest BCUT2D eigenvalue weighted by Crippen LogP contribution is -2.33. The number of carbonyl (C=O) groups is 1. The fourth-order valence-corrected chi connectivity index (χ4v) is 5.35. The van der Waals surface area contributed by atoms with Crippen LogP contribution in [-0.2, 0) is 4.79 Å². The third-order valence-corrected chi connectivity index (χ3v) is 7.03. The quantitative estimate of drug-likeness (QED) is 0.340. The number of carbonyl (C=O) groups excluding carboxylic acids is 1. The molecular formula is C19H20N4O3S3. The molecule has 2 heterocycles. The number of thioether (sulfide) groups is 1. The second kappa shape index (κ2) is 8.68. The SMILES string of the molecule is COc1cccc(-n2c(=S)sc3c(=O)[nH]c(SCC(=O)NC4CCCC4)nc32)c1. The van der Waals surface area contributed by atoms with E-state index in [4.69, 9.17) is 17.0 Å². The van der Waals surface area contributed by atoms with E-state index in [0.717, 1.165) is 31.4 Å². The third-order valence-electron chi connectivity index (χ3n) is 4.79. The van der Waals surface area contributed by atoms with Crippen molar-refractivity contribution in [3.63, 3.8) is 0 Å². The predicted molar refractivity (Wildman–Crippen MR) is 118 cm³/mol. The average molecular weight is 449 g/mol. The first-order valence-corrected chi connectivity index (χ1v) is 11.5. The number of hydrogen-bond acceptors (Lipinski definition) is 7. The van der Waals surface area contributed by atoms with Crippen LogP contribution < -0.4 is 15.6 Å². The van der Waals surface area contributed by atoms with E-state index in [0.29, 0.717) is 25.2 Å². The molecular weight excluding hydrogens is 428 g/mol. The summed E-state index contributed by atoms with van der Waals surface area (Å²) in [5.74, 6) is 0.848. The summed E-state index contributed by atoms with van der Waals surface area (Å²) in [7, 11) is 1.60. The van der Waals surface area contributed by atoms with Crippen molar-refractivity contribution in [2.24, 2.45) is 0 Å². The summed E-state index contributed by atoms with van der Waals surface area (Å²) in [5, 5.41) is 3.44. The van der Waals surface area contributed by atoms with Gasteiger partial charge in [0.05, 0.1) is 18.6 Å². The number of H-pyrrole nitrogens is 1. The Morgan fingerprint density at radius 1 is 1.45 bits per heavy atom. The highest BCUT2D eigenvalue weighted by Crippen LogP contribution is 2.26. The van der Waals surface area contributed by atoms with Crippen molar-refractivity contribution in [1.82, 2.24) is 19.9 Å². The van der Waals surface area contributed by atoms with Crippen LogP contribution in [0.1, 0.15) is 25.7 Å². The molecule has 3 aromatic rings. The Hall–Kier alpha value is -2.17. The summed E-state index contributed by atoms with van der Waals surface area (Å²) in [4.78, 5) is 32.1. The second-order valence-corrected chi connectivity index (χ2v) is 9.37. The maximum Gasteiger partial charge on any atom is 0.271 e. The van der Waals surface area contributed by atoms with Crippen molar-refractivity contribution in [3.8, 4) is 11.4 Å². The van der Waals surface area contributed by atoms with Crippen LogP contribution in [0.25, 0.3) is 16.0 Å². The fourth-order valence-electron chi connectivity index (χ4n) is 3.41. The van der Waals surface area contributed by atoms with Gasteiger partial charge in [-0.3, -0.25) is 14.2 Å². The summed E-state index contributed by atoms with van der Waals surface area (Å²) < 4.78 is 8.03. The zero-order chi connectivity index (χ0) is 20.4. The lowest BCUT2D eigenvalue weighted by Gasteiger charge is -2.11. The van der Waals surface area contributed by atoms with E-state index >= 15 is 0 Å². The normalized spacial score (nSPS) is 14.4. The van der Waals surface area contributed by atoms with Gasteiger partial charge in [-0.1, -0.05) is 42.0 Å². The van der Waals surface area contributed by atoms with E-state index in [2.05, 4.69) is 15.3 Å². The van der Waals surface area contributed by atoms with Crippen molar-refractivity contribution in [2.45, 2.75) is 36.9 Å². The zero-order valence-corrected chi connectivity index (χ0v) is 18.2. The topological polar surface area (TPSA) is 89.0 Å². The first-order valence-electron chi connectivity index (χ1n) is 9.27. The van der Waals surface area contributed by atoms with Crippen LogP contribution in [0.2, 0.25) is 0 Å². The van der Waals surface area contributed by atoms with Gasteiger partial charge in [0.15, 0.2) is 14.8 Å². The average Bonchev–Trinajstić information content (AvgIpc) is 3.34. The first kappa shape index (κ1) is 20.1. The van der Waals surface area contributed by atoms with Crippen LogP contribution in [0.5, 0.6) is 5.75 Å². The van der Waals surface area contributed by atoms with Crippen LogP contribution in [0.15, 0.2) is 34.2 Å². The Morgan fingerprint density at radius 2 is 2.24 bits per heavy atom. The number of aromatic nitrogens is 3. The number of ether oxygens (including phenoxy) is 1. The minimum atomic E-state index is -0.258. The van der Waals surface area contributed by atoms with Crippen molar-refractivity contribution in [1.29, 1.82) is 0 Å². The van der Waals surface area contributed by atoms with Gasteiger partial charge in [-0.05, 0) is 37.2 Å². The Bertz CT molecular complexity index is 1160. The van der Waals surface area contributed by atoms with Gasteiger partial charge >= 0.3 is 0 Å². The highest BCUT2D eigenvalue weighted by molar-refractivity contribution is 7.99. The molecule has 0 radical (unpaired) electrons. The number of rotatable bonds is 6. The molecule has 0 bridgehead atoms. The standard InChI is InChI=1S/C19H20N4O3S3/c1-26-13-8-4-7-12(9-13)23-16-15(29-19(23)27)17(25)22-18(21-16)28-10-14(24)20-11-5-2-3-6-11/h4,7-9,11H,2-3,5-6,10H2,1H3,(H,20,24)(H,21,22,25). The number of aromatic amines is 1. The summed E-state index contributed by atoms with van der Waals surface area (Å²) in [6.45, 7) is 0. The van der Waals surface area contributed by atoms with Gasteiger partial charge in [0.25, 0.3) is 5.56 Å². The molecule has 0 spiro atoms. The monoisotopic (exact) mass is 448 g/mol. The molecule has 10 heteroatoms. The molecule has 1 saturated carbocycles. The molecule has 0 saturated heterocycles. The summed E-state index contributed by atoms with van der Waals surface area (Å²) in [6, 6.07) is 7.69. The maximum absolute atomic E-state index is 12.6. The van der Waals surface area contributed by atoms with Crippen molar-refractivity contribution < 1.29 is 9.53 Å². The zero-order valence-electron chi connectivity index (χ0n) is 15.8. The number of nitrogens with zero attached hydrogens (tertiary/aromatic N) is 2. The molecule has 29 heavy (non-hydrogen) atoms. The lowest BCUT2D eigenvalue weighted by molar-refractivity contribution is -0.119. The van der Waals surface area contributed by atoms with Crippen LogP contribution >= 0.6 is 35.3 Å². The molecule has 1 amide bonds. The lowest BCUT2D eigenvalue weighted by atomic mass is 10.2. The maximum atomic E-state index is 12.6. The first-order chi connectivity index (χ1) is 14.0. The molecule has 2 N–H and O–H groups in total. The van der Waals surface area contributed by atoms with E-state index in [9.17, 15) is 9.59 Å². The number of methoxy groups -OCH3 is 1. The van der Waals surface area contributed by atoms with Gasteiger partial charge < -0.3 is 15.0 Å². The van der Waals surface area contributed by atoms with E-state index in [1.807, 2.05) is 24.3 Å². The third kappa shape index (κ3) is 4.39. The molecule has 2 aromatic heterocycles. The smallest absolute Gasteiger partial charge is 0.271 e. The molecule has 0 atom stereocenters. The number of thiazole rings is 1. The Labute approximate surface area is 180 Å². The molecule has 1 aromatic carbocycles. The van der Waals surface area contributed by atoms with E-state index in [-0.39, 0.29) is 23.3 Å². The van der Waals surface area contributed by atoms with E-state index in [1.54, 1.807) is 11.7 Å². The Morgan fingerprint density at radius 3 is 3.00 bits per heavy atom. The van der Waals surface area contributed by atoms with Gasteiger partial charge in [-0.25, -0.2) is 4.98 Å². The number of hydrogen-bond donors (Lipinski definition) is 2. The molecule has 1 aliphatic rings. The Kier molecular flexibility index (Phi) is 6.02. The van der Waals surface area contributed by atoms with Gasteiger partial charge in [0.2, 0.25) is 5.91 Å². The number of fused-ring (bicyclic) bond motifs is 1. The minimum absolute atomic E-state index is 0.0420. The fraction of sp³-hybridized carbons (Fsp3) is 0.368. The largest absolute Gasteiger partial charge is 0.497 e. The van der Waals surface area contributed by atoms with E-state index < -0.39 is 0 Å². The predicted octanol–water partition coefficient (Wildman–Crippen LogP) is 3.66. The van der Waals surface area contributed by atoms with Crippen LogP contribution in [-0.4, -0.2) is 39.3 Å². The van der Waals surface area contributed by atoms with Gasteiger partial charge in [0, 0.05) is 12.1 Å². The molecule has 1 aliphatic carbocycles. The van der Waals surface area contributed by atoms with Crippen molar-refractivity contribution in [2.75, 3.05) is 12.9 Å². The number of benzene rings is 1. The summed E-state index contributed by atoms with van der Waals surface area (Å²) in [5.41, 5.74) is 0.996. The molecule has 7 nitrogen and oxygen atoms in total. The minimum Gasteiger partial charge on any atom is -0.497 e. The van der Waals surface area contributed by atoms with Crippen molar-refractivity contribution >= 4 is 51.6 Å². The molecule has 0 aliphatic heterocycles. The highest BCUT2D eigenvalue weighted by atomic mass is 32.2. The number of nitrogens with one attached hydrogen (secondary N) is 2. The number of amides is 1. The van der Waals surface area contributed by atoms with Gasteiger partial charge in [-0.2, -0.15) is 0 Å². The molecule has 152 valence electrons.